The number of para-hydroxylation sites is 1. The Kier molecular flexibility index (Phi) is 8.77. The van der Waals surface area contributed by atoms with E-state index in [-0.39, 0.29) is 24.8 Å². The quantitative estimate of drug-likeness (QED) is 0.187. The fourth-order valence-corrected chi connectivity index (χ4v) is 4.05. The lowest BCUT2D eigenvalue weighted by Crippen LogP contribution is -2.34. The zero-order valence-corrected chi connectivity index (χ0v) is 21.2. The van der Waals surface area contributed by atoms with E-state index in [9.17, 15) is 14.4 Å². The Hall–Kier alpha value is -4.59. The highest BCUT2D eigenvalue weighted by atomic mass is 16.4. The molecule has 4 N–H and O–H groups in total. The van der Waals surface area contributed by atoms with Crippen LogP contribution >= 0.6 is 0 Å². The molecule has 0 spiro atoms. The largest absolute Gasteiger partial charge is 0.481 e. The topological polar surface area (TPSA) is 121 Å². The van der Waals surface area contributed by atoms with Crippen LogP contribution in [0, 0.1) is 0 Å². The van der Waals surface area contributed by atoms with E-state index in [0.29, 0.717) is 23.4 Å². The Labute approximate surface area is 221 Å². The number of anilines is 2. The molecule has 4 aromatic rings. The van der Waals surface area contributed by atoms with Gasteiger partial charge in [0, 0.05) is 34.4 Å². The molecular formula is C30H31N3O5. The maximum atomic E-state index is 13.1. The molecule has 0 aliphatic carbocycles. The van der Waals surface area contributed by atoms with Crippen molar-refractivity contribution in [3.05, 3.63) is 84.4 Å². The van der Waals surface area contributed by atoms with Gasteiger partial charge in [-0.3, -0.25) is 14.4 Å². The van der Waals surface area contributed by atoms with Crippen LogP contribution < -0.4 is 16.0 Å². The number of benzene rings is 3. The van der Waals surface area contributed by atoms with Crippen LogP contribution in [0.25, 0.3) is 22.3 Å². The Morgan fingerprint density at radius 1 is 0.921 bits per heavy atom. The number of hydrogen-bond donors (Lipinski definition) is 4. The normalized spacial score (nSPS) is 11.6. The van der Waals surface area contributed by atoms with Gasteiger partial charge >= 0.3 is 5.97 Å². The summed E-state index contributed by atoms with van der Waals surface area (Å²) in [5, 5.41) is 18.6. The van der Waals surface area contributed by atoms with Crippen LogP contribution in [-0.2, 0) is 9.59 Å². The Morgan fingerprint density at radius 3 is 2.32 bits per heavy atom. The minimum absolute atomic E-state index is 0.0622. The summed E-state index contributed by atoms with van der Waals surface area (Å²) in [5.41, 5.74) is 3.57. The summed E-state index contributed by atoms with van der Waals surface area (Å²) in [6.07, 6.45) is 2.34. The summed E-state index contributed by atoms with van der Waals surface area (Å²) in [5.74, 6) is -0.691. The standard InChI is InChI=1S/C30H31N3O5/c1-2-3-7-25(32-23-15-11-21(12-16-23)29(36)31-18-17-28(34)35)30(37)33-24-13-9-20(10-14-24)27-19-22-6-4-5-8-26(22)38-27/h4-6,8-16,19,25,32H,2-3,7,17-18H2,1H3,(H,31,36)(H,33,37)(H,34,35). The lowest BCUT2D eigenvalue weighted by Gasteiger charge is -2.20. The monoisotopic (exact) mass is 513 g/mol. The molecule has 3 aromatic carbocycles. The van der Waals surface area contributed by atoms with Gasteiger partial charge in [-0.25, -0.2) is 0 Å². The van der Waals surface area contributed by atoms with Gasteiger partial charge in [-0.15, -0.1) is 0 Å². The molecule has 0 saturated carbocycles. The summed E-state index contributed by atoms with van der Waals surface area (Å²) >= 11 is 0. The van der Waals surface area contributed by atoms with Crippen LogP contribution in [0.3, 0.4) is 0 Å². The molecule has 0 fully saturated rings. The van der Waals surface area contributed by atoms with E-state index >= 15 is 0 Å². The van der Waals surface area contributed by atoms with Crippen molar-refractivity contribution in [2.45, 2.75) is 38.6 Å². The first kappa shape index (κ1) is 26.5. The van der Waals surface area contributed by atoms with Crippen LogP contribution in [0.15, 0.2) is 83.3 Å². The third-order valence-electron chi connectivity index (χ3n) is 6.14. The summed E-state index contributed by atoms with van der Waals surface area (Å²) in [6, 6.07) is 23.7. The Balaban J connectivity index is 1.38. The number of amides is 2. The van der Waals surface area contributed by atoms with E-state index < -0.39 is 12.0 Å². The maximum absolute atomic E-state index is 13.1. The van der Waals surface area contributed by atoms with Gasteiger partial charge in [0.15, 0.2) is 0 Å². The van der Waals surface area contributed by atoms with E-state index in [4.69, 9.17) is 9.52 Å². The van der Waals surface area contributed by atoms with Crippen molar-refractivity contribution in [1.29, 1.82) is 0 Å². The minimum Gasteiger partial charge on any atom is -0.481 e. The highest BCUT2D eigenvalue weighted by Gasteiger charge is 2.19. The Bertz CT molecular complexity index is 1360. The fraction of sp³-hybridized carbons (Fsp3) is 0.233. The molecule has 0 aliphatic heterocycles. The average Bonchev–Trinajstić information content (AvgIpc) is 3.36. The third kappa shape index (κ3) is 7.00. The SMILES string of the molecule is CCCCC(Nc1ccc(C(=O)NCCC(=O)O)cc1)C(=O)Nc1ccc(-c2cc3ccccc3o2)cc1. The maximum Gasteiger partial charge on any atom is 0.305 e. The number of nitrogens with one attached hydrogen (secondary N) is 3. The van der Waals surface area contributed by atoms with E-state index in [0.717, 1.165) is 35.1 Å². The van der Waals surface area contributed by atoms with Gasteiger partial charge < -0.3 is 25.5 Å². The lowest BCUT2D eigenvalue weighted by atomic mass is 10.1. The summed E-state index contributed by atoms with van der Waals surface area (Å²) in [4.78, 5) is 35.9. The Morgan fingerprint density at radius 2 is 1.63 bits per heavy atom. The predicted molar refractivity (Wildman–Crippen MR) is 148 cm³/mol. The van der Waals surface area contributed by atoms with Gasteiger partial charge in [0.1, 0.15) is 17.4 Å². The number of furan rings is 1. The van der Waals surface area contributed by atoms with Crippen LogP contribution in [-0.4, -0.2) is 35.5 Å². The molecule has 38 heavy (non-hydrogen) atoms. The summed E-state index contributed by atoms with van der Waals surface area (Å²) in [6.45, 7) is 2.14. The second-order valence-electron chi connectivity index (χ2n) is 9.03. The van der Waals surface area contributed by atoms with Crippen LogP contribution in [0.1, 0.15) is 43.0 Å². The lowest BCUT2D eigenvalue weighted by molar-refractivity contribution is -0.136. The van der Waals surface area contributed by atoms with Gasteiger partial charge in [-0.1, -0.05) is 38.0 Å². The number of hydrogen-bond acceptors (Lipinski definition) is 5. The average molecular weight is 514 g/mol. The van der Waals surface area contributed by atoms with Crippen molar-refractivity contribution in [1.82, 2.24) is 5.32 Å². The first-order chi connectivity index (χ1) is 18.4. The van der Waals surface area contributed by atoms with Gasteiger partial charge in [0.25, 0.3) is 5.91 Å². The van der Waals surface area contributed by atoms with Crippen LogP contribution in [0.5, 0.6) is 0 Å². The van der Waals surface area contributed by atoms with Gasteiger partial charge in [0.05, 0.1) is 6.42 Å². The second kappa shape index (κ2) is 12.6. The molecule has 1 heterocycles. The van der Waals surface area contributed by atoms with Crippen molar-refractivity contribution in [3.8, 4) is 11.3 Å². The molecule has 196 valence electrons. The third-order valence-corrected chi connectivity index (χ3v) is 6.14. The summed E-state index contributed by atoms with van der Waals surface area (Å²) in [7, 11) is 0. The zero-order valence-electron chi connectivity index (χ0n) is 21.2. The van der Waals surface area contributed by atoms with Crippen molar-refractivity contribution in [2.24, 2.45) is 0 Å². The number of aliphatic carboxylic acids is 1. The van der Waals surface area contributed by atoms with E-state index in [1.807, 2.05) is 54.6 Å². The highest BCUT2D eigenvalue weighted by Crippen LogP contribution is 2.28. The van der Waals surface area contributed by atoms with Gasteiger partial charge in [0.2, 0.25) is 5.91 Å². The first-order valence-corrected chi connectivity index (χ1v) is 12.7. The van der Waals surface area contributed by atoms with Gasteiger partial charge in [-0.2, -0.15) is 0 Å². The van der Waals surface area contributed by atoms with E-state index in [2.05, 4.69) is 22.9 Å². The molecule has 8 nitrogen and oxygen atoms in total. The number of carboxylic acid groups (broad SMARTS) is 1. The van der Waals surface area contributed by atoms with Crippen LogP contribution in [0.2, 0.25) is 0 Å². The van der Waals surface area contributed by atoms with Crippen molar-refractivity contribution < 1.29 is 23.9 Å². The molecule has 2 amide bonds. The molecule has 8 heteroatoms. The number of carbonyl (C=O) groups is 3. The first-order valence-electron chi connectivity index (χ1n) is 12.7. The molecule has 0 saturated heterocycles. The van der Waals surface area contributed by atoms with E-state index in [1.54, 1.807) is 24.3 Å². The second-order valence-corrected chi connectivity index (χ2v) is 9.03. The molecule has 1 atom stereocenters. The predicted octanol–water partition coefficient (Wildman–Crippen LogP) is 5.91. The van der Waals surface area contributed by atoms with Crippen LogP contribution in [0.4, 0.5) is 11.4 Å². The number of rotatable bonds is 12. The number of unbranched alkanes of at least 4 members (excludes halogenated alkanes) is 1. The van der Waals surface area contributed by atoms with E-state index in [1.165, 1.54) is 0 Å². The zero-order chi connectivity index (χ0) is 26.9. The molecule has 0 bridgehead atoms. The fourth-order valence-electron chi connectivity index (χ4n) is 4.05. The number of carboxylic acids is 1. The number of fused-ring (bicyclic) bond motifs is 1. The van der Waals surface area contributed by atoms with Gasteiger partial charge in [-0.05, 0) is 67.1 Å². The van der Waals surface area contributed by atoms with Crippen molar-refractivity contribution in [2.75, 3.05) is 17.2 Å². The molecular weight excluding hydrogens is 482 g/mol. The summed E-state index contributed by atoms with van der Waals surface area (Å²) < 4.78 is 5.93. The number of carbonyl (C=O) groups excluding carboxylic acids is 2. The molecule has 1 unspecified atom stereocenters. The molecule has 0 radical (unpaired) electrons. The molecule has 4 rings (SSSR count). The minimum atomic E-state index is -0.969. The van der Waals surface area contributed by atoms with Crippen molar-refractivity contribution in [3.63, 3.8) is 0 Å². The smallest absolute Gasteiger partial charge is 0.305 e. The molecule has 1 aromatic heterocycles. The molecule has 0 aliphatic rings. The van der Waals surface area contributed by atoms with Crippen molar-refractivity contribution >= 4 is 40.1 Å². The highest BCUT2D eigenvalue weighted by molar-refractivity contribution is 5.97.